The molecule has 2 heterocycles. The van der Waals surface area contributed by atoms with Crippen molar-refractivity contribution in [2.24, 2.45) is 0 Å². The van der Waals surface area contributed by atoms with Gasteiger partial charge in [0.05, 0.1) is 0 Å². The summed E-state index contributed by atoms with van der Waals surface area (Å²) >= 11 is 0. The SMILES string of the molecule is O=C(O)Cn1ccnc1-c1ccncc1. The van der Waals surface area contributed by atoms with Gasteiger partial charge in [0.1, 0.15) is 12.4 Å². The zero-order valence-corrected chi connectivity index (χ0v) is 7.87. The summed E-state index contributed by atoms with van der Waals surface area (Å²) in [5.41, 5.74) is 0.858. The summed E-state index contributed by atoms with van der Waals surface area (Å²) in [5.74, 6) is -0.247. The molecule has 0 aliphatic carbocycles. The number of pyridine rings is 1. The van der Waals surface area contributed by atoms with Crippen molar-refractivity contribution in [3.8, 4) is 11.4 Å². The topological polar surface area (TPSA) is 68.0 Å². The van der Waals surface area contributed by atoms with Crippen LogP contribution in [0.3, 0.4) is 0 Å². The van der Waals surface area contributed by atoms with Crippen molar-refractivity contribution in [3.63, 3.8) is 0 Å². The standard InChI is InChI=1S/C10H9N3O2/c14-9(15)7-13-6-5-12-10(13)8-1-3-11-4-2-8/h1-6H,7H2,(H,14,15). The van der Waals surface area contributed by atoms with Crippen LogP contribution >= 0.6 is 0 Å². The Morgan fingerprint density at radius 3 is 2.73 bits per heavy atom. The highest BCUT2D eigenvalue weighted by Gasteiger charge is 2.07. The Labute approximate surface area is 86.0 Å². The van der Waals surface area contributed by atoms with Crippen LogP contribution < -0.4 is 0 Å². The quantitative estimate of drug-likeness (QED) is 0.808. The second-order valence-electron chi connectivity index (χ2n) is 3.01. The maximum absolute atomic E-state index is 10.6. The van der Waals surface area contributed by atoms with E-state index in [0.717, 1.165) is 5.56 Å². The molecule has 0 spiro atoms. The first-order valence-corrected chi connectivity index (χ1v) is 4.40. The molecule has 2 aromatic rings. The molecule has 0 amide bonds. The molecular weight excluding hydrogens is 194 g/mol. The molecule has 5 heteroatoms. The van der Waals surface area contributed by atoms with Crippen LogP contribution in [0.15, 0.2) is 36.9 Å². The average molecular weight is 203 g/mol. The first kappa shape index (κ1) is 9.39. The fourth-order valence-electron chi connectivity index (χ4n) is 1.34. The van der Waals surface area contributed by atoms with E-state index in [0.29, 0.717) is 5.82 Å². The van der Waals surface area contributed by atoms with Gasteiger partial charge in [-0.25, -0.2) is 4.98 Å². The van der Waals surface area contributed by atoms with E-state index in [4.69, 9.17) is 5.11 Å². The Bertz CT molecular complexity index is 465. The fraction of sp³-hybridized carbons (Fsp3) is 0.100. The molecule has 1 N–H and O–H groups in total. The van der Waals surface area contributed by atoms with Crippen LogP contribution in [-0.4, -0.2) is 25.6 Å². The second-order valence-corrected chi connectivity index (χ2v) is 3.01. The predicted molar refractivity (Wildman–Crippen MR) is 53.1 cm³/mol. The van der Waals surface area contributed by atoms with Gasteiger partial charge in [0.25, 0.3) is 0 Å². The summed E-state index contributed by atoms with van der Waals surface area (Å²) in [4.78, 5) is 18.6. The molecule has 0 saturated heterocycles. The van der Waals surface area contributed by atoms with Gasteiger partial charge in [-0.2, -0.15) is 0 Å². The molecule has 0 radical (unpaired) electrons. The third-order valence-electron chi connectivity index (χ3n) is 1.96. The maximum Gasteiger partial charge on any atom is 0.323 e. The molecule has 0 aliphatic heterocycles. The van der Waals surface area contributed by atoms with Crippen LogP contribution in [0.4, 0.5) is 0 Å². The normalized spacial score (nSPS) is 10.1. The van der Waals surface area contributed by atoms with Crippen LogP contribution in [0.1, 0.15) is 0 Å². The minimum absolute atomic E-state index is 0.0857. The number of nitrogens with zero attached hydrogens (tertiary/aromatic N) is 3. The summed E-state index contributed by atoms with van der Waals surface area (Å²) in [5, 5.41) is 8.70. The van der Waals surface area contributed by atoms with Crippen molar-refractivity contribution in [1.29, 1.82) is 0 Å². The zero-order chi connectivity index (χ0) is 10.7. The van der Waals surface area contributed by atoms with Crippen molar-refractivity contribution in [1.82, 2.24) is 14.5 Å². The minimum atomic E-state index is -0.886. The first-order valence-electron chi connectivity index (χ1n) is 4.40. The van der Waals surface area contributed by atoms with Gasteiger partial charge in [-0.15, -0.1) is 0 Å². The third-order valence-corrected chi connectivity index (χ3v) is 1.96. The Balaban J connectivity index is 2.37. The highest BCUT2D eigenvalue weighted by molar-refractivity contribution is 5.68. The molecule has 0 aliphatic rings. The fourth-order valence-corrected chi connectivity index (χ4v) is 1.34. The lowest BCUT2D eigenvalue weighted by molar-refractivity contribution is -0.137. The average Bonchev–Trinajstić information content (AvgIpc) is 2.66. The molecule has 76 valence electrons. The number of aliphatic carboxylic acids is 1. The van der Waals surface area contributed by atoms with E-state index in [2.05, 4.69) is 9.97 Å². The Hall–Kier alpha value is -2.17. The molecule has 15 heavy (non-hydrogen) atoms. The monoisotopic (exact) mass is 203 g/mol. The molecular formula is C10H9N3O2. The first-order chi connectivity index (χ1) is 7.27. The molecule has 5 nitrogen and oxygen atoms in total. The van der Waals surface area contributed by atoms with Gasteiger partial charge in [-0.3, -0.25) is 9.78 Å². The Kier molecular flexibility index (Phi) is 2.45. The van der Waals surface area contributed by atoms with E-state index in [9.17, 15) is 4.79 Å². The Morgan fingerprint density at radius 1 is 1.33 bits per heavy atom. The van der Waals surface area contributed by atoms with E-state index in [1.165, 1.54) is 0 Å². The van der Waals surface area contributed by atoms with Gasteiger partial charge >= 0.3 is 5.97 Å². The summed E-state index contributed by atoms with van der Waals surface area (Å²) in [6.07, 6.45) is 6.52. The molecule has 0 unspecified atom stereocenters. The highest BCUT2D eigenvalue weighted by Crippen LogP contribution is 2.15. The van der Waals surface area contributed by atoms with Gasteiger partial charge in [0.15, 0.2) is 0 Å². The number of aromatic nitrogens is 3. The predicted octanol–water partition coefficient (Wildman–Crippen LogP) is 1.03. The van der Waals surface area contributed by atoms with Crippen LogP contribution in [0.2, 0.25) is 0 Å². The molecule has 0 bridgehead atoms. The number of carboxylic acids is 1. The van der Waals surface area contributed by atoms with Gasteiger partial charge in [-0.05, 0) is 12.1 Å². The van der Waals surface area contributed by atoms with Crippen LogP contribution in [0.25, 0.3) is 11.4 Å². The molecule has 0 atom stereocenters. The number of imidazole rings is 1. The molecule has 0 aromatic carbocycles. The molecule has 0 saturated carbocycles. The van der Waals surface area contributed by atoms with Gasteiger partial charge in [0.2, 0.25) is 0 Å². The van der Waals surface area contributed by atoms with Crippen molar-refractivity contribution in [2.75, 3.05) is 0 Å². The summed E-state index contributed by atoms with van der Waals surface area (Å²) in [6, 6.07) is 3.58. The van der Waals surface area contributed by atoms with Crippen LogP contribution in [0.5, 0.6) is 0 Å². The van der Waals surface area contributed by atoms with Gasteiger partial charge in [0, 0.05) is 30.4 Å². The van der Waals surface area contributed by atoms with Crippen molar-refractivity contribution in [2.45, 2.75) is 6.54 Å². The van der Waals surface area contributed by atoms with Crippen molar-refractivity contribution in [3.05, 3.63) is 36.9 Å². The van der Waals surface area contributed by atoms with Crippen LogP contribution in [0, 0.1) is 0 Å². The van der Waals surface area contributed by atoms with E-state index in [1.807, 2.05) is 0 Å². The maximum atomic E-state index is 10.6. The van der Waals surface area contributed by atoms with Gasteiger partial charge < -0.3 is 9.67 Å². The number of carboxylic acid groups (broad SMARTS) is 1. The number of hydrogen-bond donors (Lipinski definition) is 1. The van der Waals surface area contributed by atoms with Crippen molar-refractivity contribution >= 4 is 5.97 Å². The largest absolute Gasteiger partial charge is 0.480 e. The summed E-state index contributed by atoms with van der Waals surface area (Å²) in [7, 11) is 0. The lowest BCUT2D eigenvalue weighted by atomic mass is 10.2. The van der Waals surface area contributed by atoms with E-state index in [1.54, 1.807) is 41.5 Å². The minimum Gasteiger partial charge on any atom is -0.480 e. The lowest BCUT2D eigenvalue weighted by Gasteiger charge is -2.03. The van der Waals surface area contributed by atoms with E-state index >= 15 is 0 Å². The molecule has 0 fully saturated rings. The lowest BCUT2D eigenvalue weighted by Crippen LogP contribution is -2.09. The zero-order valence-electron chi connectivity index (χ0n) is 7.87. The number of carbonyl (C=O) groups is 1. The molecule has 2 rings (SSSR count). The van der Waals surface area contributed by atoms with E-state index in [-0.39, 0.29) is 6.54 Å². The smallest absolute Gasteiger partial charge is 0.323 e. The highest BCUT2D eigenvalue weighted by atomic mass is 16.4. The van der Waals surface area contributed by atoms with Crippen molar-refractivity contribution < 1.29 is 9.90 Å². The number of rotatable bonds is 3. The Morgan fingerprint density at radius 2 is 2.07 bits per heavy atom. The number of hydrogen-bond acceptors (Lipinski definition) is 3. The molecule has 2 aromatic heterocycles. The van der Waals surface area contributed by atoms with E-state index < -0.39 is 5.97 Å². The third kappa shape index (κ3) is 2.01. The van der Waals surface area contributed by atoms with Crippen LogP contribution in [-0.2, 0) is 11.3 Å². The van der Waals surface area contributed by atoms with Gasteiger partial charge in [-0.1, -0.05) is 0 Å². The second kappa shape index (κ2) is 3.91. The summed E-state index contributed by atoms with van der Waals surface area (Å²) < 4.78 is 1.58. The summed E-state index contributed by atoms with van der Waals surface area (Å²) in [6.45, 7) is -0.0857.